The Morgan fingerprint density at radius 3 is 2.43 bits per heavy atom. The van der Waals surface area contributed by atoms with Crippen LogP contribution in [-0.4, -0.2) is 29.0 Å². The van der Waals surface area contributed by atoms with Gasteiger partial charge in [0.1, 0.15) is 0 Å². The summed E-state index contributed by atoms with van der Waals surface area (Å²) in [5.74, 6) is 0.194. The first-order valence-corrected chi connectivity index (χ1v) is 7.92. The molecular formula is C17H27N3O. The van der Waals surface area contributed by atoms with E-state index in [-0.39, 0.29) is 5.84 Å². The maximum Gasteiger partial charge on any atom is 0.170 e. The SMILES string of the molecule is CCC1(CC)CCN(Cc2ccccc2C(N)=NO)CC1. The lowest BCUT2D eigenvalue weighted by atomic mass is 9.74. The molecule has 1 heterocycles. The van der Waals surface area contributed by atoms with Crippen LogP contribution in [-0.2, 0) is 6.54 Å². The number of likely N-dealkylation sites (tertiary alicyclic amines) is 1. The predicted octanol–water partition coefficient (Wildman–Crippen LogP) is 3.18. The number of hydrogen-bond acceptors (Lipinski definition) is 3. The number of oxime groups is 1. The van der Waals surface area contributed by atoms with E-state index in [1.54, 1.807) is 0 Å². The van der Waals surface area contributed by atoms with Gasteiger partial charge in [-0.15, -0.1) is 0 Å². The molecule has 0 atom stereocenters. The smallest absolute Gasteiger partial charge is 0.170 e. The molecule has 0 aromatic heterocycles. The molecule has 1 aromatic rings. The largest absolute Gasteiger partial charge is 0.409 e. The molecule has 0 bridgehead atoms. The van der Waals surface area contributed by atoms with Crippen LogP contribution in [0.1, 0.15) is 50.7 Å². The van der Waals surface area contributed by atoms with Crippen molar-refractivity contribution in [3.8, 4) is 0 Å². The van der Waals surface area contributed by atoms with Crippen LogP contribution in [0.15, 0.2) is 29.4 Å². The molecule has 0 spiro atoms. The average molecular weight is 289 g/mol. The van der Waals surface area contributed by atoms with Gasteiger partial charge in [-0.3, -0.25) is 4.90 Å². The molecule has 0 amide bonds. The second-order valence-electron chi connectivity index (χ2n) is 6.13. The summed E-state index contributed by atoms with van der Waals surface area (Å²) < 4.78 is 0. The van der Waals surface area contributed by atoms with Crippen LogP contribution in [0.5, 0.6) is 0 Å². The summed E-state index contributed by atoms with van der Waals surface area (Å²) in [6.45, 7) is 7.76. The Morgan fingerprint density at radius 2 is 1.86 bits per heavy atom. The topological polar surface area (TPSA) is 61.8 Å². The number of hydrogen-bond donors (Lipinski definition) is 2. The van der Waals surface area contributed by atoms with E-state index in [4.69, 9.17) is 10.9 Å². The summed E-state index contributed by atoms with van der Waals surface area (Å²) in [6, 6.07) is 7.91. The maximum atomic E-state index is 8.90. The van der Waals surface area contributed by atoms with Gasteiger partial charge in [0, 0.05) is 12.1 Å². The average Bonchev–Trinajstić information content (AvgIpc) is 2.55. The van der Waals surface area contributed by atoms with E-state index in [9.17, 15) is 0 Å². The van der Waals surface area contributed by atoms with Crippen LogP contribution < -0.4 is 5.73 Å². The predicted molar refractivity (Wildman–Crippen MR) is 86.5 cm³/mol. The van der Waals surface area contributed by atoms with E-state index in [0.717, 1.165) is 30.8 Å². The van der Waals surface area contributed by atoms with Crippen LogP contribution >= 0.6 is 0 Å². The number of benzene rings is 1. The first-order valence-electron chi connectivity index (χ1n) is 7.92. The number of rotatable bonds is 5. The molecular weight excluding hydrogens is 262 g/mol. The van der Waals surface area contributed by atoms with Crippen molar-refractivity contribution in [1.82, 2.24) is 4.90 Å². The van der Waals surface area contributed by atoms with Crippen molar-refractivity contribution < 1.29 is 5.21 Å². The minimum atomic E-state index is 0.194. The van der Waals surface area contributed by atoms with E-state index in [1.165, 1.54) is 25.7 Å². The third kappa shape index (κ3) is 3.56. The van der Waals surface area contributed by atoms with Crippen molar-refractivity contribution in [2.75, 3.05) is 13.1 Å². The lowest BCUT2D eigenvalue weighted by Crippen LogP contribution is -2.39. The minimum Gasteiger partial charge on any atom is -0.409 e. The molecule has 4 heteroatoms. The summed E-state index contributed by atoms with van der Waals surface area (Å²) in [7, 11) is 0. The third-order valence-corrected chi connectivity index (χ3v) is 5.21. The number of amidine groups is 1. The summed E-state index contributed by atoms with van der Waals surface area (Å²) in [5, 5.41) is 12.0. The van der Waals surface area contributed by atoms with Crippen LogP contribution in [0.25, 0.3) is 0 Å². The van der Waals surface area contributed by atoms with Crippen molar-refractivity contribution in [3.63, 3.8) is 0 Å². The van der Waals surface area contributed by atoms with Crippen LogP contribution in [0.2, 0.25) is 0 Å². The van der Waals surface area contributed by atoms with E-state index < -0.39 is 0 Å². The number of nitrogens with two attached hydrogens (primary N) is 1. The molecule has 1 aliphatic heterocycles. The molecule has 1 aliphatic rings. The van der Waals surface area contributed by atoms with Crippen molar-refractivity contribution in [1.29, 1.82) is 0 Å². The Labute approximate surface area is 127 Å². The Morgan fingerprint density at radius 1 is 1.24 bits per heavy atom. The summed E-state index contributed by atoms with van der Waals surface area (Å²) >= 11 is 0. The lowest BCUT2D eigenvalue weighted by molar-refractivity contribution is 0.0908. The molecule has 0 aliphatic carbocycles. The number of nitrogens with zero attached hydrogens (tertiary/aromatic N) is 2. The fraction of sp³-hybridized carbons (Fsp3) is 0.588. The monoisotopic (exact) mass is 289 g/mol. The lowest BCUT2D eigenvalue weighted by Gasteiger charge is -2.41. The number of piperidine rings is 1. The molecule has 1 fully saturated rings. The van der Waals surface area contributed by atoms with Gasteiger partial charge in [0.25, 0.3) is 0 Å². The van der Waals surface area contributed by atoms with Gasteiger partial charge in [-0.2, -0.15) is 0 Å². The van der Waals surface area contributed by atoms with Crippen molar-refractivity contribution in [3.05, 3.63) is 35.4 Å². The highest BCUT2D eigenvalue weighted by atomic mass is 16.4. The zero-order chi connectivity index (χ0) is 15.3. The van der Waals surface area contributed by atoms with Gasteiger partial charge in [-0.1, -0.05) is 56.1 Å². The van der Waals surface area contributed by atoms with E-state index in [1.807, 2.05) is 18.2 Å². The summed E-state index contributed by atoms with van der Waals surface area (Å²) in [5.41, 5.74) is 8.28. The Balaban J connectivity index is 2.05. The Hall–Kier alpha value is -1.55. The first kappa shape index (κ1) is 15.8. The molecule has 1 saturated heterocycles. The van der Waals surface area contributed by atoms with Gasteiger partial charge < -0.3 is 10.9 Å². The van der Waals surface area contributed by atoms with Gasteiger partial charge >= 0.3 is 0 Å². The second-order valence-corrected chi connectivity index (χ2v) is 6.13. The standard InChI is InChI=1S/C17H27N3O/c1-3-17(4-2)9-11-20(12-10-17)13-14-7-5-6-8-15(14)16(18)19-21/h5-8,21H,3-4,9-13H2,1-2H3,(H2,18,19). The van der Waals surface area contributed by atoms with Crippen molar-refractivity contribution in [2.24, 2.45) is 16.3 Å². The Kier molecular flexibility index (Phi) is 5.23. The van der Waals surface area contributed by atoms with E-state index in [2.05, 4.69) is 30.0 Å². The van der Waals surface area contributed by atoms with Gasteiger partial charge in [0.15, 0.2) is 5.84 Å². The van der Waals surface area contributed by atoms with Gasteiger partial charge in [-0.25, -0.2) is 0 Å². The van der Waals surface area contributed by atoms with E-state index in [0.29, 0.717) is 5.41 Å². The molecule has 0 unspecified atom stereocenters. The zero-order valence-electron chi connectivity index (χ0n) is 13.2. The zero-order valence-corrected chi connectivity index (χ0v) is 13.2. The highest BCUT2D eigenvalue weighted by molar-refractivity contribution is 5.98. The fourth-order valence-corrected chi connectivity index (χ4v) is 3.35. The minimum absolute atomic E-state index is 0.194. The molecule has 4 nitrogen and oxygen atoms in total. The van der Waals surface area contributed by atoms with Crippen LogP contribution in [0, 0.1) is 5.41 Å². The highest BCUT2D eigenvalue weighted by Crippen LogP contribution is 2.38. The molecule has 3 N–H and O–H groups in total. The highest BCUT2D eigenvalue weighted by Gasteiger charge is 2.31. The van der Waals surface area contributed by atoms with E-state index >= 15 is 0 Å². The fourth-order valence-electron chi connectivity index (χ4n) is 3.35. The molecule has 1 aromatic carbocycles. The second kappa shape index (κ2) is 6.94. The van der Waals surface area contributed by atoms with Crippen molar-refractivity contribution in [2.45, 2.75) is 46.1 Å². The Bertz CT molecular complexity index is 485. The molecule has 0 radical (unpaired) electrons. The van der Waals surface area contributed by atoms with Crippen molar-refractivity contribution >= 4 is 5.84 Å². The third-order valence-electron chi connectivity index (χ3n) is 5.21. The summed E-state index contributed by atoms with van der Waals surface area (Å²) in [4.78, 5) is 2.48. The normalized spacial score (nSPS) is 19.6. The molecule has 21 heavy (non-hydrogen) atoms. The van der Waals surface area contributed by atoms with Crippen LogP contribution in [0.4, 0.5) is 0 Å². The molecule has 116 valence electrons. The quantitative estimate of drug-likeness (QED) is 0.379. The van der Waals surface area contributed by atoms with Crippen LogP contribution in [0.3, 0.4) is 0 Å². The van der Waals surface area contributed by atoms with Gasteiger partial charge in [-0.05, 0) is 36.9 Å². The van der Waals surface area contributed by atoms with Gasteiger partial charge in [0.05, 0.1) is 0 Å². The first-order chi connectivity index (χ1) is 10.1. The summed E-state index contributed by atoms with van der Waals surface area (Å²) in [6.07, 6.45) is 5.09. The molecule has 0 saturated carbocycles. The molecule has 2 rings (SSSR count). The van der Waals surface area contributed by atoms with Gasteiger partial charge in [0.2, 0.25) is 0 Å². The maximum absolute atomic E-state index is 8.90.